The molecule has 2 heterocycles. The van der Waals surface area contributed by atoms with Gasteiger partial charge in [0.25, 0.3) is 5.56 Å². The number of nitrogens with one attached hydrogen (secondary N) is 2. The molecule has 0 saturated carbocycles. The number of aryl methyl sites for hydroxylation is 1. The third-order valence-electron chi connectivity index (χ3n) is 5.54. The molecule has 7 nitrogen and oxygen atoms in total. The molecule has 4 rings (SSSR count). The Morgan fingerprint density at radius 1 is 1.31 bits per heavy atom. The SMILES string of the molecule is CCNC(=O)NC(=O)[C@H](C)Sc1nc2sc3c(c2c(=O)n1-c1ccccc1)CC[C@@H](C)C3. The highest BCUT2D eigenvalue weighted by molar-refractivity contribution is 8.00. The van der Waals surface area contributed by atoms with E-state index >= 15 is 0 Å². The number of hydrogen-bond acceptors (Lipinski definition) is 6. The van der Waals surface area contributed by atoms with Crippen LogP contribution in [-0.4, -0.2) is 33.3 Å². The van der Waals surface area contributed by atoms with Crippen molar-refractivity contribution in [3.8, 4) is 5.69 Å². The number of urea groups is 1. The lowest BCUT2D eigenvalue weighted by atomic mass is 9.89. The summed E-state index contributed by atoms with van der Waals surface area (Å²) in [4.78, 5) is 44.8. The summed E-state index contributed by atoms with van der Waals surface area (Å²) in [5, 5.41) is 5.40. The Hall–Kier alpha value is -2.65. The highest BCUT2D eigenvalue weighted by Crippen LogP contribution is 2.37. The quantitative estimate of drug-likeness (QED) is 0.436. The van der Waals surface area contributed by atoms with E-state index in [-0.39, 0.29) is 5.56 Å². The van der Waals surface area contributed by atoms with E-state index < -0.39 is 17.2 Å². The van der Waals surface area contributed by atoms with Crippen LogP contribution in [0.4, 0.5) is 4.79 Å². The zero-order chi connectivity index (χ0) is 22.8. The zero-order valence-corrected chi connectivity index (χ0v) is 19.9. The van der Waals surface area contributed by atoms with E-state index in [0.717, 1.165) is 29.7 Å². The first-order chi connectivity index (χ1) is 15.4. The van der Waals surface area contributed by atoms with Crippen molar-refractivity contribution in [3.05, 3.63) is 51.1 Å². The van der Waals surface area contributed by atoms with Crippen LogP contribution < -0.4 is 16.2 Å². The van der Waals surface area contributed by atoms with E-state index in [1.54, 1.807) is 29.8 Å². The lowest BCUT2D eigenvalue weighted by Crippen LogP contribution is -2.42. The Morgan fingerprint density at radius 2 is 2.06 bits per heavy atom. The standard InChI is InChI=1S/C23H26N4O3S2/c1-4-24-22(30)25-19(28)14(3)31-23-26-20-18(16-11-10-13(2)12-17(16)32-20)21(29)27(23)15-8-6-5-7-9-15/h5-9,13-14H,4,10-12H2,1-3H3,(H2,24,25,28,30)/t13-,14+/m1/s1. The Bertz CT molecular complexity index is 1220. The van der Waals surface area contributed by atoms with E-state index in [4.69, 9.17) is 4.98 Å². The van der Waals surface area contributed by atoms with Crippen LogP contribution in [0.15, 0.2) is 40.3 Å². The minimum Gasteiger partial charge on any atom is -0.338 e. The summed E-state index contributed by atoms with van der Waals surface area (Å²) in [6.07, 6.45) is 2.92. The highest BCUT2D eigenvalue weighted by Gasteiger charge is 2.27. The van der Waals surface area contributed by atoms with Gasteiger partial charge in [0, 0.05) is 11.4 Å². The first-order valence-electron chi connectivity index (χ1n) is 10.8. The van der Waals surface area contributed by atoms with Crippen LogP contribution in [0.25, 0.3) is 15.9 Å². The van der Waals surface area contributed by atoms with Gasteiger partial charge < -0.3 is 5.32 Å². The predicted molar refractivity (Wildman–Crippen MR) is 129 cm³/mol. The number of benzene rings is 1. The number of carbonyl (C=O) groups is 2. The van der Waals surface area contributed by atoms with Gasteiger partial charge in [-0.1, -0.05) is 36.9 Å². The minimum absolute atomic E-state index is 0.105. The Balaban J connectivity index is 1.78. The summed E-state index contributed by atoms with van der Waals surface area (Å²) in [6.45, 7) is 6.14. The largest absolute Gasteiger partial charge is 0.338 e. The maximum absolute atomic E-state index is 13.7. The van der Waals surface area contributed by atoms with Crippen LogP contribution in [0.3, 0.4) is 0 Å². The molecular weight excluding hydrogens is 444 g/mol. The molecule has 0 bridgehead atoms. The molecule has 0 fully saturated rings. The van der Waals surface area contributed by atoms with Crippen LogP contribution in [-0.2, 0) is 17.6 Å². The predicted octanol–water partition coefficient (Wildman–Crippen LogP) is 3.90. The second kappa shape index (κ2) is 9.46. The van der Waals surface area contributed by atoms with Gasteiger partial charge in [-0.2, -0.15) is 0 Å². The number of imide groups is 1. The molecule has 0 radical (unpaired) electrons. The molecule has 2 aromatic heterocycles. The molecule has 0 spiro atoms. The van der Waals surface area contributed by atoms with Crippen molar-refractivity contribution in [3.63, 3.8) is 0 Å². The smallest absolute Gasteiger partial charge is 0.321 e. The van der Waals surface area contributed by atoms with Crippen LogP contribution >= 0.6 is 23.1 Å². The van der Waals surface area contributed by atoms with Crippen LogP contribution in [0.5, 0.6) is 0 Å². The second-order valence-electron chi connectivity index (χ2n) is 8.01. The first kappa shape index (κ1) is 22.5. The molecule has 0 saturated heterocycles. The molecule has 3 amide bonds. The molecule has 1 aliphatic carbocycles. The molecular formula is C23H26N4O3S2. The molecule has 0 aliphatic heterocycles. The fourth-order valence-corrected chi connectivity index (χ4v) is 6.24. The van der Waals surface area contributed by atoms with Gasteiger partial charge in [0.2, 0.25) is 5.91 Å². The van der Waals surface area contributed by atoms with Crippen LogP contribution in [0, 0.1) is 5.92 Å². The van der Waals surface area contributed by atoms with Gasteiger partial charge in [0.15, 0.2) is 5.16 Å². The van der Waals surface area contributed by atoms with Crippen molar-refractivity contribution < 1.29 is 9.59 Å². The van der Waals surface area contributed by atoms with Gasteiger partial charge in [0.1, 0.15) is 4.83 Å². The number of hydrogen-bond donors (Lipinski definition) is 2. The monoisotopic (exact) mass is 470 g/mol. The number of nitrogens with zero attached hydrogens (tertiary/aromatic N) is 2. The van der Waals surface area contributed by atoms with Gasteiger partial charge in [-0.3, -0.25) is 19.5 Å². The zero-order valence-electron chi connectivity index (χ0n) is 18.3. The van der Waals surface area contributed by atoms with Crippen molar-refractivity contribution in [1.82, 2.24) is 20.2 Å². The van der Waals surface area contributed by atoms with E-state index in [2.05, 4.69) is 17.6 Å². The normalized spacial score (nSPS) is 16.4. The molecule has 2 N–H and O–H groups in total. The van der Waals surface area contributed by atoms with Crippen molar-refractivity contribution in [2.24, 2.45) is 5.92 Å². The first-order valence-corrected chi connectivity index (χ1v) is 12.5. The minimum atomic E-state index is -0.619. The van der Waals surface area contributed by atoms with Crippen molar-refractivity contribution in [2.45, 2.75) is 50.4 Å². The van der Waals surface area contributed by atoms with Crippen molar-refractivity contribution in [2.75, 3.05) is 6.54 Å². The summed E-state index contributed by atoms with van der Waals surface area (Å²) < 4.78 is 1.59. The molecule has 168 valence electrons. The lowest BCUT2D eigenvalue weighted by Gasteiger charge is -2.18. The third kappa shape index (κ3) is 4.45. The summed E-state index contributed by atoms with van der Waals surface area (Å²) in [7, 11) is 0. The number of carbonyl (C=O) groups excluding carboxylic acids is 2. The fourth-order valence-electron chi connectivity index (χ4n) is 3.88. The molecule has 2 atom stereocenters. The number of aromatic nitrogens is 2. The number of amides is 3. The van der Waals surface area contributed by atoms with Gasteiger partial charge in [-0.15, -0.1) is 11.3 Å². The molecule has 3 aromatic rings. The van der Waals surface area contributed by atoms with Gasteiger partial charge in [-0.25, -0.2) is 9.78 Å². The topological polar surface area (TPSA) is 93.1 Å². The number of rotatable bonds is 5. The summed E-state index contributed by atoms with van der Waals surface area (Å²) in [5.41, 5.74) is 1.73. The van der Waals surface area contributed by atoms with Crippen LogP contribution in [0.1, 0.15) is 37.6 Å². The second-order valence-corrected chi connectivity index (χ2v) is 10.4. The Kier molecular flexibility index (Phi) is 6.66. The highest BCUT2D eigenvalue weighted by atomic mass is 32.2. The Labute approximate surface area is 194 Å². The van der Waals surface area contributed by atoms with E-state index in [1.165, 1.54) is 16.6 Å². The summed E-state index contributed by atoms with van der Waals surface area (Å²) in [5.74, 6) is 0.160. The number of thiophene rings is 1. The third-order valence-corrected chi connectivity index (χ3v) is 7.74. The van der Waals surface area contributed by atoms with E-state index in [0.29, 0.717) is 28.7 Å². The average molecular weight is 471 g/mol. The van der Waals surface area contributed by atoms with Gasteiger partial charge in [-0.05, 0) is 56.7 Å². The lowest BCUT2D eigenvalue weighted by molar-refractivity contribution is -0.119. The number of para-hydroxylation sites is 1. The fraction of sp³-hybridized carbons (Fsp3) is 0.391. The van der Waals surface area contributed by atoms with E-state index in [1.807, 2.05) is 30.3 Å². The van der Waals surface area contributed by atoms with Crippen molar-refractivity contribution in [1.29, 1.82) is 0 Å². The molecule has 9 heteroatoms. The molecule has 1 aromatic carbocycles. The van der Waals surface area contributed by atoms with E-state index in [9.17, 15) is 14.4 Å². The average Bonchev–Trinajstić information content (AvgIpc) is 3.12. The van der Waals surface area contributed by atoms with Gasteiger partial charge in [0.05, 0.1) is 16.3 Å². The maximum Gasteiger partial charge on any atom is 0.321 e. The molecule has 32 heavy (non-hydrogen) atoms. The maximum atomic E-state index is 13.7. The molecule has 0 unspecified atom stereocenters. The summed E-state index contributed by atoms with van der Waals surface area (Å²) >= 11 is 2.76. The van der Waals surface area contributed by atoms with Crippen molar-refractivity contribution >= 4 is 45.3 Å². The number of thioether (sulfide) groups is 1. The number of fused-ring (bicyclic) bond motifs is 3. The molecule has 1 aliphatic rings. The Morgan fingerprint density at radius 3 is 2.78 bits per heavy atom. The summed E-state index contributed by atoms with van der Waals surface area (Å²) in [6, 6.07) is 8.82. The van der Waals surface area contributed by atoms with Crippen LogP contribution in [0.2, 0.25) is 0 Å². The van der Waals surface area contributed by atoms with Gasteiger partial charge >= 0.3 is 6.03 Å².